The molecule has 0 fully saturated rings. The number of aromatic nitrogens is 2. The van der Waals surface area contributed by atoms with Crippen LogP contribution in [0.5, 0.6) is 0 Å². The van der Waals surface area contributed by atoms with Gasteiger partial charge in [-0.3, -0.25) is 0 Å². The Balaban J connectivity index is 2.44. The molecule has 0 aliphatic carbocycles. The fourth-order valence-electron chi connectivity index (χ4n) is 1.10. The quantitative estimate of drug-likeness (QED) is 0.796. The van der Waals surface area contributed by atoms with Crippen molar-refractivity contribution in [3.8, 4) is 11.5 Å². The molecule has 2 aromatic rings. The number of nitrogens with zero attached hydrogens (tertiary/aromatic N) is 2. The third-order valence-corrected chi connectivity index (χ3v) is 2.39. The second kappa shape index (κ2) is 4.28. The van der Waals surface area contributed by atoms with Crippen LogP contribution in [0.4, 0.5) is 4.39 Å². The zero-order valence-electron chi connectivity index (χ0n) is 7.38. The first-order valence-corrected chi connectivity index (χ1v) is 5.37. The lowest BCUT2D eigenvalue weighted by molar-refractivity contribution is 0.424. The Labute approximate surface area is 98.4 Å². The van der Waals surface area contributed by atoms with Crippen LogP contribution in [0.2, 0.25) is 0 Å². The highest BCUT2D eigenvalue weighted by Gasteiger charge is 2.09. The molecule has 6 heteroatoms. The van der Waals surface area contributed by atoms with Gasteiger partial charge in [-0.1, -0.05) is 21.1 Å². The van der Waals surface area contributed by atoms with Crippen LogP contribution < -0.4 is 0 Å². The van der Waals surface area contributed by atoms with E-state index >= 15 is 0 Å². The minimum absolute atomic E-state index is 0.167. The van der Waals surface area contributed by atoms with Crippen LogP contribution in [0.3, 0.4) is 0 Å². The predicted molar refractivity (Wildman–Crippen MR) is 56.9 cm³/mol. The Bertz CT molecular complexity index is 468. The van der Waals surface area contributed by atoms with Gasteiger partial charge in [0, 0.05) is 10.0 Å². The molecule has 0 amide bonds. The summed E-state index contributed by atoms with van der Waals surface area (Å²) in [5.41, 5.74) is 0.519. The number of hydrogen-bond donors (Lipinski definition) is 0. The van der Waals surface area contributed by atoms with Crippen molar-refractivity contribution in [1.82, 2.24) is 10.1 Å². The number of alkyl halides is 1. The zero-order valence-corrected chi connectivity index (χ0v) is 9.72. The van der Waals surface area contributed by atoms with E-state index in [-0.39, 0.29) is 17.6 Å². The van der Waals surface area contributed by atoms with E-state index in [1.807, 2.05) is 0 Å². The van der Waals surface area contributed by atoms with E-state index in [0.717, 1.165) is 0 Å². The summed E-state index contributed by atoms with van der Waals surface area (Å²) in [6.45, 7) is 0. The zero-order chi connectivity index (χ0) is 10.8. The third-order valence-electron chi connectivity index (χ3n) is 1.70. The summed E-state index contributed by atoms with van der Waals surface area (Å²) in [4.78, 5) is 3.98. The van der Waals surface area contributed by atoms with Gasteiger partial charge in [-0.05, 0) is 18.2 Å². The van der Waals surface area contributed by atoms with Crippen molar-refractivity contribution in [3.05, 3.63) is 34.3 Å². The van der Waals surface area contributed by atoms with Crippen molar-refractivity contribution >= 4 is 27.5 Å². The number of halogens is 3. The number of rotatable bonds is 2. The van der Waals surface area contributed by atoms with Gasteiger partial charge >= 0.3 is 0 Å². The van der Waals surface area contributed by atoms with E-state index in [1.54, 1.807) is 6.07 Å². The van der Waals surface area contributed by atoms with Crippen molar-refractivity contribution in [2.45, 2.75) is 5.88 Å². The van der Waals surface area contributed by atoms with Gasteiger partial charge in [0.05, 0.1) is 5.88 Å². The summed E-state index contributed by atoms with van der Waals surface area (Å²) in [6.07, 6.45) is 0. The smallest absolute Gasteiger partial charge is 0.258 e. The minimum Gasteiger partial charge on any atom is -0.334 e. The molecule has 2 rings (SSSR count). The lowest BCUT2D eigenvalue weighted by Crippen LogP contribution is -1.83. The van der Waals surface area contributed by atoms with Crippen LogP contribution in [0.15, 0.2) is 27.2 Å². The highest BCUT2D eigenvalue weighted by molar-refractivity contribution is 9.10. The van der Waals surface area contributed by atoms with Gasteiger partial charge in [0.1, 0.15) is 5.82 Å². The lowest BCUT2D eigenvalue weighted by Gasteiger charge is -1.96. The SMILES string of the molecule is Fc1cc(Br)cc(-c2nc(CCl)no2)c1. The minimum atomic E-state index is -0.370. The van der Waals surface area contributed by atoms with Crippen molar-refractivity contribution in [2.24, 2.45) is 0 Å². The molecular weight excluding hydrogens is 286 g/mol. The van der Waals surface area contributed by atoms with Gasteiger partial charge in [-0.2, -0.15) is 4.98 Å². The highest BCUT2D eigenvalue weighted by atomic mass is 79.9. The Morgan fingerprint density at radius 3 is 2.80 bits per heavy atom. The second-order valence-corrected chi connectivity index (χ2v) is 3.99. The Morgan fingerprint density at radius 1 is 1.40 bits per heavy atom. The molecule has 0 unspecified atom stereocenters. The average Bonchev–Trinajstić information content (AvgIpc) is 2.64. The summed E-state index contributed by atoms with van der Waals surface area (Å²) in [5.74, 6) is 0.433. The first-order valence-electron chi connectivity index (χ1n) is 4.04. The Morgan fingerprint density at radius 2 is 2.20 bits per heavy atom. The molecule has 0 aliphatic heterocycles. The van der Waals surface area contributed by atoms with Gasteiger partial charge < -0.3 is 4.52 Å². The molecule has 0 N–H and O–H groups in total. The normalized spacial score (nSPS) is 10.6. The van der Waals surface area contributed by atoms with Crippen molar-refractivity contribution in [1.29, 1.82) is 0 Å². The molecule has 0 saturated carbocycles. The molecule has 0 spiro atoms. The lowest BCUT2D eigenvalue weighted by atomic mass is 10.2. The van der Waals surface area contributed by atoms with Crippen LogP contribution in [-0.4, -0.2) is 10.1 Å². The van der Waals surface area contributed by atoms with Crippen molar-refractivity contribution in [2.75, 3.05) is 0 Å². The van der Waals surface area contributed by atoms with Crippen LogP contribution in [0.25, 0.3) is 11.5 Å². The summed E-state index contributed by atoms with van der Waals surface area (Å²) >= 11 is 8.70. The Hall–Kier alpha value is -0.940. The van der Waals surface area contributed by atoms with Gasteiger partial charge in [0.25, 0.3) is 5.89 Å². The molecule has 1 aromatic heterocycles. The molecule has 3 nitrogen and oxygen atoms in total. The molecule has 0 bridgehead atoms. The predicted octanol–water partition coefficient (Wildman–Crippen LogP) is 3.38. The van der Waals surface area contributed by atoms with E-state index < -0.39 is 0 Å². The maximum atomic E-state index is 13.1. The van der Waals surface area contributed by atoms with E-state index in [4.69, 9.17) is 16.1 Å². The van der Waals surface area contributed by atoms with E-state index in [1.165, 1.54) is 12.1 Å². The van der Waals surface area contributed by atoms with Crippen LogP contribution in [0, 0.1) is 5.82 Å². The van der Waals surface area contributed by atoms with Gasteiger partial charge in [-0.25, -0.2) is 4.39 Å². The molecule has 15 heavy (non-hydrogen) atoms. The average molecular weight is 292 g/mol. The number of hydrogen-bond acceptors (Lipinski definition) is 3. The summed E-state index contributed by atoms with van der Waals surface area (Å²) in [7, 11) is 0. The third kappa shape index (κ3) is 2.35. The molecule has 0 aliphatic rings. The van der Waals surface area contributed by atoms with Gasteiger partial charge in [0.15, 0.2) is 5.82 Å². The fraction of sp³-hybridized carbons (Fsp3) is 0.111. The summed E-state index contributed by atoms with van der Waals surface area (Å²) in [5, 5.41) is 3.61. The van der Waals surface area contributed by atoms with Gasteiger partial charge in [0.2, 0.25) is 0 Å². The topological polar surface area (TPSA) is 38.9 Å². The fourth-order valence-corrected chi connectivity index (χ4v) is 1.68. The highest BCUT2D eigenvalue weighted by Crippen LogP contribution is 2.23. The molecule has 78 valence electrons. The maximum absolute atomic E-state index is 13.1. The maximum Gasteiger partial charge on any atom is 0.258 e. The largest absolute Gasteiger partial charge is 0.334 e. The van der Waals surface area contributed by atoms with Crippen molar-refractivity contribution in [3.63, 3.8) is 0 Å². The van der Waals surface area contributed by atoms with Crippen LogP contribution in [-0.2, 0) is 5.88 Å². The first kappa shape index (κ1) is 10.6. The molecule has 0 saturated heterocycles. The second-order valence-electron chi connectivity index (χ2n) is 2.81. The molecule has 1 heterocycles. The monoisotopic (exact) mass is 290 g/mol. The van der Waals surface area contributed by atoms with E-state index in [0.29, 0.717) is 15.9 Å². The molecule has 1 aromatic carbocycles. The van der Waals surface area contributed by atoms with E-state index in [2.05, 4.69) is 26.1 Å². The van der Waals surface area contributed by atoms with Gasteiger partial charge in [-0.15, -0.1) is 11.6 Å². The van der Waals surface area contributed by atoms with Crippen LogP contribution in [0.1, 0.15) is 5.82 Å². The van der Waals surface area contributed by atoms with Crippen molar-refractivity contribution < 1.29 is 8.91 Å². The van der Waals surface area contributed by atoms with E-state index in [9.17, 15) is 4.39 Å². The first-order chi connectivity index (χ1) is 7.19. The molecule has 0 radical (unpaired) electrons. The Kier molecular flexibility index (Phi) is 3.02. The van der Waals surface area contributed by atoms with Crippen LogP contribution >= 0.6 is 27.5 Å². The number of benzene rings is 1. The molecule has 0 atom stereocenters. The molecular formula is C9H5BrClFN2O. The summed E-state index contributed by atoms with van der Waals surface area (Å²) in [6, 6.07) is 4.35. The standard InChI is InChI=1S/C9H5BrClFN2O/c10-6-1-5(2-7(12)3-6)9-13-8(4-11)14-15-9/h1-3H,4H2. The summed E-state index contributed by atoms with van der Waals surface area (Å²) < 4.78 is 18.6.